The van der Waals surface area contributed by atoms with Gasteiger partial charge >= 0.3 is 25.8 Å². The molecule has 0 saturated carbocycles. The van der Waals surface area contributed by atoms with Crippen LogP contribution in [0.1, 0.15) is 34.6 Å². The maximum Gasteiger partial charge on any atom is 4.00 e. The van der Waals surface area contributed by atoms with Crippen LogP contribution in [0.15, 0.2) is 16.7 Å². The van der Waals surface area contributed by atoms with E-state index in [2.05, 4.69) is 40.7 Å². The Bertz CT molecular complexity index is 219. The van der Waals surface area contributed by atoms with Crippen molar-refractivity contribution in [2.45, 2.75) is 34.6 Å². The Hall–Kier alpha value is 0.350. The maximum absolute atomic E-state index is 3.44. The quantitative estimate of drug-likeness (QED) is 0.476. The van der Waals surface area contributed by atoms with E-state index in [1.165, 1.54) is 16.7 Å². The van der Waals surface area contributed by atoms with Crippen molar-refractivity contribution >= 4 is 0 Å². The molecule has 0 atom stereocenters. The summed E-state index contributed by atoms with van der Waals surface area (Å²) in [5, 5.41) is 0. The molecule has 1 aliphatic carbocycles. The second-order valence-electron chi connectivity index (χ2n) is 3.62. The largest absolute Gasteiger partial charge is 4.00 e. The topological polar surface area (TPSA) is 0 Å². The molecule has 0 amide bonds. The standard InChI is InChI=1S/C10H15.Hf/c1-7-6-10(4,5)9(3)8(7)2;/h1-5H3;/q-1;+4. The van der Waals surface area contributed by atoms with Gasteiger partial charge in [-0.15, -0.1) is 6.92 Å². The summed E-state index contributed by atoms with van der Waals surface area (Å²) in [6.45, 7) is 10.9. The van der Waals surface area contributed by atoms with Gasteiger partial charge in [0.25, 0.3) is 0 Å². The third-order valence-electron chi connectivity index (χ3n) is 2.56. The van der Waals surface area contributed by atoms with Gasteiger partial charge in [0.2, 0.25) is 0 Å². The van der Waals surface area contributed by atoms with Crippen molar-refractivity contribution in [3.63, 3.8) is 0 Å². The molecule has 56 valence electrons. The summed E-state index contributed by atoms with van der Waals surface area (Å²) in [5.74, 6) is 0. The van der Waals surface area contributed by atoms with Crippen molar-refractivity contribution in [3.8, 4) is 0 Å². The maximum atomic E-state index is 3.44. The van der Waals surface area contributed by atoms with Crippen molar-refractivity contribution < 1.29 is 25.8 Å². The van der Waals surface area contributed by atoms with Gasteiger partial charge in [-0.2, -0.15) is 11.1 Å². The first kappa shape index (κ1) is 11.4. The van der Waals surface area contributed by atoms with E-state index in [4.69, 9.17) is 0 Å². The van der Waals surface area contributed by atoms with E-state index in [1.807, 2.05) is 0 Å². The van der Waals surface area contributed by atoms with E-state index >= 15 is 0 Å². The van der Waals surface area contributed by atoms with Crippen LogP contribution in [0, 0.1) is 11.5 Å². The Kier molecular flexibility index (Phi) is 3.49. The van der Waals surface area contributed by atoms with Crippen LogP contribution in [-0.2, 0) is 25.8 Å². The van der Waals surface area contributed by atoms with E-state index in [0.717, 1.165) is 0 Å². The summed E-state index contributed by atoms with van der Waals surface area (Å²) in [6.07, 6.45) is 3.44. The molecule has 0 spiro atoms. The summed E-state index contributed by atoms with van der Waals surface area (Å²) in [7, 11) is 0. The van der Waals surface area contributed by atoms with Crippen LogP contribution >= 0.6 is 0 Å². The van der Waals surface area contributed by atoms with Gasteiger partial charge in [-0.05, 0) is 0 Å². The molecule has 0 nitrogen and oxygen atoms in total. The van der Waals surface area contributed by atoms with Crippen molar-refractivity contribution in [3.05, 3.63) is 22.8 Å². The smallest absolute Gasteiger partial charge is 0.263 e. The van der Waals surface area contributed by atoms with Gasteiger partial charge in [0, 0.05) is 0 Å². The number of allylic oxidation sites excluding steroid dienone is 4. The van der Waals surface area contributed by atoms with E-state index in [9.17, 15) is 0 Å². The van der Waals surface area contributed by atoms with Crippen LogP contribution in [0.5, 0.6) is 0 Å². The zero-order valence-electron chi connectivity index (χ0n) is 8.00. The molecule has 0 N–H and O–H groups in total. The fourth-order valence-electron chi connectivity index (χ4n) is 1.41. The predicted octanol–water partition coefficient (Wildman–Crippen LogP) is 3.11. The van der Waals surface area contributed by atoms with E-state index in [1.54, 1.807) is 0 Å². The summed E-state index contributed by atoms with van der Waals surface area (Å²) >= 11 is 0. The second-order valence-corrected chi connectivity index (χ2v) is 3.62. The van der Waals surface area contributed by atoms with Crippen LogP contribution in [-0.4, -0.2) is 0 Å². The summed E-state index contributed by atoms with van der Waals surface area (Å²) in [6, 6.07) is 0. The zero-order valence-corrected chi connectivity index (χ0v) is 11.6. The van der Waals surface area contributed by atoms with Crippen LogP contribution in [0.4, 0.5) is 0 Å². The Morgan fingerprint density at radius 2 is 1.55 bits per heavy atom. The molecule has 0 saturated heterocycles. The van der Waals surface area contributed by atoms with E-state index in [0.29, 0.717) is 0 Å². The minimum absolute atomic E-state index is 0. The molecular formula is C10H15Hf+3. The molecule has 0 aromatic carbocycles. The molecule has 1 rings (SSSR count). The van der Waals surface area contributed by atoms with Gasteiger partial charge in [0.1, 0.15) is 0 Å². The van der Waals surface area contributed by atoms with Gasteiger partial charge in [0.15, 0.2) is 0 Å². The molecule has 0 bridgehead atoms. The first-order chi connectivity index (χ1) is 4.45. The summed E-state index contributed by atoms with van der Waals surface area (Å²) in [4.78, 5) is 0. The number of hydrogen-bond donors (Lipinski definition) is 0. The van der Waals surface area contributed by atoms with Crippen LogP contribution in [0.25, 0.3) is 0 Å². The van der Waals surface area contributed by atoms with Crippen LogP contribution in [0.2, 0.25) is 0 Å². The van der Waals surface area contributed by atoms with Crippen molar-refractivity contribution in [2.24, 2.45) is 5.41 Å². The molecule has 0 aromatic rings. The predicted molar refractivity (Wildman–Crippen MR) is 44.6 cm³/mol. The molecule has 0 radical (unpaired) electrons. The fourth-order valence-corrected chi connectivity index (χ4v) is 1.41. The first-order valence-corrected chi connectivity index (χ1v) is 3.75. The van der Waals surface area contributed by atoms with Crippen molar-refractivity contribution in [1.82, 2.24) is 0 Å². The van der Waals surface area contributed by atoms with Crippen LogP contribution < -0.4 is 0 Å². The monoisotopic (exact) mass is 315 g/mol. The summed E-state index contributed by atoms with van der Waals surface area (Å²) < 4.78 is 0. The third kappa shape index (κ3) is 1.93. The van der Waals surface area contributed by atoms with Crippen molar-refractivity contribution in [2.75, 3.05) is 0 Å². The third-order valence-corrected chi connectivity index (χ3v) is 2.56. The Labute approximate surface area is 88.5 Å². The van der Waals surface area contributed by atoms with Gasteiger partial charge in [-0.3, -0.25) is 6.08 Å². The average Bonchev–Trinajstić information content (AvgIpc) is 1.95. The molecule has 1 aliphatic rings. The van der Waals surface area contributed by atoms with Crippen LogP contribution in [0.3, 0.4) is 0 Å². The number of hydrogen-bond acceptors (Lipinski definition) is 0. The Morgan fingerprint density at radius 1 is 1.09 bits per heavy atom. The number of rotatable bonds is 0. The Balaban J connectivity index is 0.000001000. The molecule has 0 unspecified atom stereocenters. The van der Waals surface area contributed by atoms with Gasteiger partial charge in [-0.1, -0.05) is 33.1 Å². The van der Waals surface area contributed by atoms with Gasteiger partial charge < -0.3 is 0 Å². The molecule has 0 aliphatic heterocycles. The summed E-state index contributed by atoms with van der Waals surface area (Å²) in [5.41, 5.74) is 4.39. The van der Waals surface area contributed by atoms with E-state index < -0.39 is 0 Å². The van der Waals surface area contributed by atoms with Gasteiger partial charge in [-0.25, -0.2) is 5.57 Å². The first-order valence-electron chi connectivity index (χ1n) is 3.75. The zero-order chi connectivity index (χ0) is 7.94. The SMILES string of the molecule is CC1=[C-]C(C)(C)C(C)=C1C.[Hf+4]. The van der Waals surface area contributed by atoms with Crippen molar-refractivity contribution in [1.29, 1.82) is 0 Å². The fraction of sp³-hybridized carbons (Fsp3) is 0.600. The second kappa shape index (κ2) is 3.38. The van der Waals surface area contributed by atoms with Gasteiger partial charge in [0.05, 0.1) is 0 Å². The molecule has 0 fully saturated rings. The normalized spacial score (nSPS) is 21.4. The Morgan fingerprint density at radius 3 is 1.64 bits per heavy atom. The molecular weight excluding hydrogens is 299 g/mol. The molecule has 11 heavy (non-hydrogen) atoms. The molecule has 1 heteroatoms. The molecule has 0 heterocycles. The van der Waals surface area contributed by atoms with E-state index in [-0.39, 0.29) is 31.3 Å². The minimum Gasteiger partial charge on any atom is -0.263 e. The molecule has 0 aromatic heterocycles. The average molecular weight is 314 g/mol. The minimum atomic E-state index is 0.